The van der Waals surface area contributed by atoms with Gasteiger partial charge in [0.1, 0.15) is 12.6 Å². The molecule has 6 nitrogen and oxygen atoms in total. The summed E-state index contributed by atoms with van der Waals surface area (Å²) in [5.74, 6) is 0.598. The molecular weight excluding hydrogens is 402 g/mol. The topological polar surface area (TPSA) is 92.7 Å². The second kappa shape index (κ2) is 10.2. The van der Waals surface area contributed by atoms with Crippen molar-refractivity contribution < 1.29 is 22.5 Å². The smallest absolute Gasteiger partial charge is 0.323 e. The molecule has 30 heavy (non-hydrogen) atoms. The van der Waals surface area contributed by atoms with E-state index in [9.17, 15) is 13.2 Å². The number of carbonyl (C=O) groups is 1. The molecule has 0 spiro atoms. The number of carbonyl (C=O) groups excluding carboxylic acids is 1. The first-order valence-electron chi connectivity index (χ1n) is 10.3. The second-order valence-corrected chi connectivity index (χ2v) is 9.41. The standard InChI is InChI=1S/C16H21NO2.C7H8O3S/c18-16(19-11-12-6-2-1-3-7-12)15-10-13-8-4-5-9-14(13)17-15;1-6-2-4-7(5-3-6)11(8,9)10/h1-3,6-7,13-15,17H,4-5,8-11H2;2-5H,1H3,(H,8,9,10). The Hall–Kier alpha value is -2.22. The molecule has 0 bridgehead atoms. The average molecular weight is 432 g/mol. The van der Waals surface area contributed by atoms with Gasteiger partial charge in [0.25, 0.3) is 10.1 Å². The lowest BCUT2D eigenvalue weighted by atomic mass is 9.85. The molecule has 2 aromatic rings. The minimum absolute atomic E-state index is 0.0666. The number of nitrogens with one attached hydrogen (secondary N) is 1. The van der Waals surface area contributed by atoms with Crippen LogP contribution in [0, 0.1) is 12.8 Å². The largest absolute Gasteiger partial charge is 0.460 e. The summed E-state index contributed by atoms with van der Waals surface area (Å²) in [4.78, 5) is 12.0. The van der Waals surface area contributed by atoms with Gasteiger partial charge in [-0.15, -0.1) is 0 Å². The summed E-state index contributed by atoms with van der Waals surface area (Å²) in [7, 11) is -4.02. The second-order valence-electron chi connectivity index (χ2n) is 7.99. The van der Waals surface area contributed by atoms with Gasteiger partial charge in [-0.25, -0.2) is 0 Å². The summed E-state index contributed by atoms with van der Waals surface area (Å²) in [6, 6.07) is 16.3. The molecule has 0 radical (unpaired) electrons. The van der Waals surface area contributed by atoms with Crippen LogP contribution in [-0.2, 0) is 26.3 Å². The maximum absolute atomic E-state index is 12.1. The zero-order chi connectivity index (χ0) is 21.6. The maximum atomic E-state index is 12.1. The quantitative estimate of drug-likeness (QED) is 0.564. The fourth-order valence-electron chi connectivity index (χ4n) is 4.04. The van der Waals surface area contributed by atoms with Gasteiger partial charge in [0.15, 0.2) is 0 Å². The highest BCUT2D eigenvalue weighted by Crippen LogP contribution is 2.33. The van der Waals surface area contributed by atoms with Crippen LogP contribution in [0.3, 0.4) is 0 Å². The Kier molecular flexibility index (Phi) is 7.64. The molecule has 7 heteroatoms. The van der Waals surface area contributed by atoms with Crippen LogP contribution in [0.2, 0.25) is 0 Å². The van der Waals surface area contributed by atoms with E-state index in [2.05, 4.69) is 5.32 Å². The molecule has 1 saturated heterocycles. The Bertz CT molecular complexity index is 914. The van der Waals surface area contributed by atoms with Crippen LogP contribution < -0.4 is 5.32 Å². The summed E-state index contributed by atoms with van der Waals surface area (Å²) in [6.07, 6.45) is 6.04. The Morgan fingerprint density at radius 3 is 2.37 bits per heavy atom. The predicted octanol–water partition coefficient (Wildman–Crippen LogP) is 3.89. The highest BCUT2D eigenvalue weighted by Gasteiger charge is 2.38. The van der Waals surface area contributed by atoms with Crippen molar-refractivity contribution in [2.45, 2.75) is 62.6 Å². The van der Waals surface area contributed by atoms with Gasteiger partial charge < -0.3 is 10.1 Å². The van der Waals surface area contributed by atoms with Crippen molar-refractivity contribution in [3.05, 3.63) is 65.7 Å². The number of fused-ring (bicyclic) bond motifs is 1. The SMILES string of the molecule is Cc1ccc(S(=O)(=O)O)cc1.O=C(OCc1ccccc1)C1CC2CCCCC2N1. The normalized spacial score (nSPS) is 23.1. The van der Waals surface area contributed by atoms with Crippen LogP contribution in [0.5, 0.6) is 0 Å². The predicted molar refractivity (Wildman–Crippen MR) is 115 cm³/mol. The number of ether oxygens (including phenoxy) is 1. The number of rotatable bonds is 4. The van der Waals surface area contributed by atoms with Gasteiger partial charge >= 0.3 is 5.97 Å². The molecule has 0 aromatic heterocycles. The van der Waals surface area contributed by atoms with Crippen LogP contribution in [0.4, 0.5) is 0 Å². The van der Waals surface area contributed by atoms with E-state index in [1.54, 1.807) is 12.1 Å². The Balaban J connectivity index is 0.000000199. The minimum atomic E-state index is -4.02. The summed E-state index contributed by atoms with van der Waals surface area (Å²) in [6.45, 7) is 2.22. The van der Waals surface area contributed by atoms with Gasteiger partial charge in [-0.05, 0) is 49.8 Å². The van der Waals surface area contributed by atoms with Gasteiger partial charge in [-0.1, -0.05) is 60.9 Å². The van der Waals surface area contributed by atoms with E-state index in [-0.39, 0.29) is 16.9 Å². The summed E-state index contributed by atoms with van der Waals surface area (Å²) >= 11 is 0. The van der Waals surface area contributed by atoms with E-state index in [0.29, 0.717) is 18.6 Å². The first-order chi connectivity index (χ1) is 14.3. The Morgan fingerprint density at radius 1 is 1.07 bits per heavy atom. The highest BCUT2D eigenvalue weighted by atomic mass is 32.2. The van der Waals surface area contributed by atoms with Crippen molar-refractivity contribution in [1.29, 1.82) is 0 Å². The lowest BCUT2D eigenvalue weighted by Crippen LogP contribution is -2.37. The van der Waals surface area contributed by atoms with Crippen molar-refractivity contribution in [2.24, 2.45) is 5.92 Å². The highest BCUT2D eigenvalue weighted by molar-refractivity contribution is 7.85. The van der Waals surface area contributed by atoms with E-state index < -0.39 is 10.1 Å². The Labute approximate surface area is 178 Å². The van der Waals surface area contributed by atoms with Crippen molar-refractivity contribution >= 4 is 16.1 Å². The average Bonchev–Trinajstić information content (AvgIpc) is 3.17. The Morgan fingerprint density at radius 2 is 1.73 bits per heavy atom. The van der Waals surface area contributed by atoms with Crippen molar-refractivity contribution in [3.8, 4) is 0 Å². The third kappa shape index (κ3) is 6.39. The van der Waals surface area contributed by atoms with Gasteiger partial charge in [0.2, 0.25) is 0 Å². The molecule has 3 atom stereocenters. The molecular formula is C23H29NO5S. The molecule has 162 valence electrons. The van der Waals surface area contributed by atoms with Crippen LogP contribution in [0.1, 0.15) is 43.2 Å². The molecule has 3 unspecified atom stereocenters. The van der Waals surface area contributed by atoms with Gasteiger partial charge in [-0.2, -0.15) is 8.42 Å². The number of hydrogen-bond donors (Lipinski definition) is 2. The maximum Gasteiger partial charge on any atom is 0.323 e. The number of hydrogen-bond acceptors (Lipinski definition) is 5. The molecule has 2 aromatic carbocycles. The van der Waals surface area contributed by atoms with E-state index in [1.807, 2.05) is 37.3 Å². The lowest BCUT2D eigenvalue weighted by molar-refractivity contribution is -0.147. The molecule has 2 fully saturated rings. The van der Waals surface area contributed by atoms with Gasteiger partial charge in [-0.3, -0.25) is 9.35 Å². The van der Waals surface area contributed by atoms with E-state index in [0.717, 1.165) is 17.5 Å². The third-order valence-electron chi connectivity index (χ3n) is 5.69. The zero-order valence-electron chi connectivity index (χ0n) is 17.2. The van der Waals surface area contributed by atoms with Crippen LogP contribution in [0.25, 0.3) is 0 Å². The third-order valence-corrected chi connectivity index (χ3v) is 6.56. The van der Waals surface area contributed by atoms with Gasteiger partial charge in [0.05, 0.1) is 4.90 Å². The van der Waals surface area contributed by atoms with Crippen LogP contribution in [0.15, 0.2) is 59.5 Å². The van der Waals surface area contributed by atoms with Crippen molar-refractivity contribution in [3.63, 3.8) is 0 Å². The molecule has 1 saturated carbocycles. The number of esters is 1. The summed E-state index contributed by atoms with van der Waals surface area (Å²) in [5, 5.41) is 3.45. The summed E-state index contributed by atoms with van der Waals surface area (Å²) < 4.78 is 35.0. The van der Waals surface area contributed by atoms with E-state index in [1.165, 1.54) is 37.8 Å². The summed E-state index contributed by atoms with van der Waals surface area (Å²) in [5.41, 5.74) is 2.00. The first kappa shape index (κ1) is 22.5. The molecule has 1 heterocycles. The van der Waals surface area contributed by atoms with Crippen LogP contribution >= 0.6 is 0 Å². The molecule has 4 rings (SSSR count). The van der Waals surface area contributed by atoms with Gasteiger partial charge in [0, 0.05) is 6.04 Å². The molecule has 2 aliphatic rings. The fraction of sp³-hybridized carbons (Fsp3) is 0.435. The fourth-order valence-corrected chi connectivity index (χ4v) is 4.52. The lowest BCUT2D eigenvalue weighted by Gasteiger charge is -2.24. The number of benzene rings is 2. The first-order valence-corrected chi connectivity index (χ1v) is 11.8. The van der Waals surface area contributed by atoms with Crippen molar-refractivity contribution in [2.75, 3.05) is 0 Å². The molecule has 2 N–H and O–H groups in total. The monoisotopic (exact) mass is 431 g/mol. The zero-order valence-corrected chi connectivity index (χ0v) is 18.0. The van der Waals surface area contributed by atoms with E-state index >= 15 is 0 Å². The minimum Gasteiger partial charge on any atom is -0.460 e. The van der Waals surface area contributed by atoms with E-state index in [4.69, 9.17) is 9.29 Å². The molecule has 1 aliphatic heterocycles. The molecule has 1 aliphatic carbocycles. The van der Waals surface area contributed by atoms with Crippen LogP contribution in [-0.4, -0.2) is 31.0 Å². The number of aryl methyl sites for hydroxylation is 1. The van der Waals surface area contributed by atoms with Crippen molar-refractivity contribution in [1.82, 2.24) is 5.32 Å². The molecule has 0 amide bonds.